The minimum absolute atomic E-state index is 0.0323. The summed E-state index contributed by atoms with van der Waals surface area (Å²) in [6.45, 7) is 4.10. The van der Waals surface area contributed by atoms with E-state index in [9.17, 15) is 14.0 Å². The molecule has 0 spiro atoms. The topological polar surface area (TPSA) is 88.0 Å². The van der Waals surface area contributed by atoms with Crippen molar-refractivity contribution >= 4 is 17.6 Å². The van der Waals surface area contributed by atoms with E-state index in [4.69, 9.17) is 0 Å². The maximum atomic E-state index is 14.0. The zero-order chi connectivity index (χ0) is 17.5. The van der Waals surface area contributed by atoms with Gasteiger partial charge in [-0.2, -0.15) is 5.10 Å². The molecule has 7 nitrogen and oxygen atoms in total. The van der Waals surface area contributed by atoms with E-state index in [-0.39, 0.29) is 24.1 Å². The lowest BCUT2D eigenvalue weighted by Gasteiger charge is -2.13. The number of rotatable bonds is 6. The molecule has 0 aliphatic heterocycles. The van der Waals surface area contributed by atoms with Crippen LogP contribution < -0.4 is 16.0 Å². The maximum absolute atomic E-state index is 14.0. The van der Waals surface area contributed by atoms with Crippen molar-refractivity contribution in [3.8, 4) is 5.69 Å². The molecule has 1 heterocycles. The summed E-state index contributed by atoms with van der Waals surface area (Å²) in [7, 11) is 0. The van der Waals surface area contributed by atoms with Gasteiger partial charge in [0.2, 0.25) is 5.91 Å². The van der Waals surface area contributed by atoms with Crippen LogP contribution in [0.15, 0.2) is 36.7 Å². The Morgan fingerprint density at radius 2 is 1.96 bits per heavy atom. The number of carbonyl (C=O) groups excluding carboxylic acids is 2. The van der Waals surface area contributed by atoms with Crippen molar-refractivity contribution in [3.05, 3.63) is 42.5 Å². The van der Waals surface area contributed by atoms with Crippen molar-refractivity contribution in [3.63, 3.8) is 0 Å². The van der Waals surface area contributed by atoms with Gasteiger partial charge in [-0.3, -0.25) is 4.79 Å². The van der Waals surface area contributed by atoms with Crippen LogP contribution in [0.5, 0.6) is 0 Å². The Morgan fingerprint density at radius 3 is 2.62 bits per heavy atom. The van der Waals surface area contributed by atoms with Gasteiger partial charge in [-0.05, 0) is 18.2 Å². The van der Waals surface area contributed by atoms with E-state index >= 15 is 0 Å². The molecule has 128 valence electrons. The van der Waals surface area contributed by atoms with Crippen molar-refractivity contribution in [2.75, 3.05) is 18.4 Å². The smallest absolute Gasteiger partial charge is 0.319 e. The molecule has 0 aliphatic carbocycles. The Morgan fingerprint density at radius 1 is 1.21 bits per heavy atom. The van der Waals surface area contributed by atoms with Gasteiger partial charge in [0.1, 0.15) is 11.5 Å². The molecule has 0 fully saturated rings. The molecule has 1 aromatic carbocycles. The third-order valence-electron chi connectivity index (χ3n) is 3.22. The van der Waals surface area contributed by atoms with E-state index in [1.54, 1.807) is 38.4 Å². The van der Waals surface area contributed by atoms with Gasteiger partial charge in [-0.1, -0.05) is 19.9 Å². The van der Waals surface area contributed by atoms with Gasteiger partial charge in [0.05, 0.1) is 5.69 Å². The molecule has 0 unspecified atom stereocenters. The minimum Gasteiger partial charge on any atom is -0.354 e. The SMILES string of the molecule is CC(C)C(=O)NCCNC(=O)Nc1c(F)cccc1-n1cccn1. The minimum atomic E-state index is -0.564. The van der Waals surface area contributed by atoms with Crippen LogP contribution in [-0.2, 0) is 4.79 Å². The molecule has 3 N–H and O–H groups in total. The van der Waals surface area contributed by atoms with Crippen LogP contribution in [0.25, 0.3) is 5.69 Å². The van der Waals surface area contributed by atoms with Gasteiger partial charge in [0.15, 0.2) is 0 Å². The lowest BCUT2D eigenvalue weighted by Crippen LogP contribution is -2.38. The molecule has 2 aromatic rings. The standard InChI is InChI=1S/C16H20FN5O2/c1-11(2)15(23)18-8-9-19-16(24)21-14-12(17)5-3-6-13(14)22-10-4-7-20-22/h3-7,10-11H,8-9H2,1-2H3,(H,18,23)(H2,19,21,24). The number of anilines is 1. The Bertz CT molecular complexity index is 700. The Kier molecular flexibility index (Phi) is 5.89. The third-order valence-corrected chi connectivity index (χ3v) is 3.22. The molecule has 0 atom stereocenters. The van der Waals surface area contributed by atoms with Gasteiger partial charge in [-0.15, -0.1) is 0 Å². The van der Waals surface area contributed by atoms with Crippen LogP contribution in [0, 0.1) is 11.7 Å². The molecule has 1 aromatic heterocycles. The predicted octanol–water partition coefficient (Wildman–Crippen LogP) is 1.91. The quantitative estimate of drug-likeness (QED) is 0.706. The second-order valence-electron chi connectivity index (χ2n) is 5.41. The summed E-state index contributed by atoms with van der Waals surface area (Å²) in [5, 5.41) is 11.8. The normalized spacial score (nSPS) is 10.5. The van der Waals surface area contributed by atoms with E-state index in [1.165, 1.54) is 16.8 Å². The number of halogens is 1. The van der Waals surface area contributed by atoms with Crippen molar-refractivity contribution in [2.24, 2.45) is 5.92 Å². The number of hydrogen-bond donors (Lipinski definition) is 3. The summed E-state index contributed by atoms with van der Waals surface area (Å²) in [6.07, 6.45) is 3.21. The average Bonchev–Trinajstić information content (AvgIpc) is 3.07. The second-order valence-corrected chi connectivity index (χ2v) is 5.41. The van der Waals surface area contributed by atoms with Crippen molar-refractivity contribution in [1.82, 2.24) is 20.4 Å². The highest BCUT2D eigenvalue weighted by Crippen LogP contribution is 2.22. The lowest BCUT2D eigenvalue weighted by atomic mass is 10.2. The number of para-hydroxylation sites is 1. The first-order chi connectivity index (χ1) is 11.5. The highest BCUT2D eigenvalue weighted by Gasteiger charge is 2.13. The number of hydrogen-bond acceptors (Lipinski definition) is 3. The molecular formula is C16H20FN5O2. The summed E-state index contributed by atoms with van der Waals surface area (Å²) < 4.78 is 15.5. The first-order valence-corrected chi connectivity index (χ1v) is 7.60. The Balaban J connectivity index is 1.94. The third kappa shape index (κ3) is 4.55. The molecular weight excluding hydrogens is 313 g/mol. The fraction of sp³-hybridized carbons (Fsp3) is 0.312. The molecule has 0 saturated carbocycles. The van der Waals surface area contributed by atoms with E-state index in [1.807, 2.05) is 0 Å². The number of amides is 3. The number of nitrogens with one attached hydrogen (secondary N) is 3. The van der Waals surface area contributed by atoms with Crippen LogP contribution in [0.1, 0.15) is 13.8 Å². The molecule has 2 rings (SSSR count). The van der Waals surface area contributed by atoms with Crippen LogP contribution in [0.3, 0.4) is 0 Å². The summed E-state index contributed by atoms with van der Waals surface area (Å²) in [5.74, 6) is -0.771. The van der Waals surface area contributed by atoms with E-state index in [0.29, 0.717) is 12.2 Å². The predicted molar refractivity (Wildman–Crippen MR) is 88.4 cm³/mol. The fourth-order valence-electron chi connectivity index (χ4n) is 1.96. The average molecular weight is 333 g/mol. The summed E-state index contributed by atoms with van der Waals surface area (Å²) in [4.78, 5) is 23.3. The number of carbonyl (C=O) groups is 2. The highest BCUT2D eigenvalue weighted by molar-refractivity contribution is 5.91. The van der Waals surface area contributed by atoms with Gasteiger partial charge >= 0.3 is 6.03 Å². The van der Waals surface area contributed by atoms with E-state index in [0.717, 1.165) is 0 Å². The zero-order valence-corrected chi connectivity index (χ0v) is 13.5. The molecule has 24 heavy (non-hydrogen) atoms. The van der Waals surface area contributed by atoms with Crippen LogP contribution in [0.4, 0.5) is 14.9 Å². The zero-order valence-electron chi connectivity index (χ0n) is 13.5. The van der Waals surface area contributed by atoms with E-state index < -0.39 is 11.8 Å². The Hall–Kier alpha value is -2.90. The number of urea groups is 1. The number of nitrogens with zero attached hydrogens (tertiary/aromatic N) is 2. The summed E-state index contributed by atoms with van der Waals surface area (Å²) >= 11 is 0. The molecule has 0 bridgehead atoms. The maximum Gasteiger partial charge on any atom is 0.319 e. The molecule has 0 aliphatic rings. The fourth-order valence-corrected chi connectivity index (χ4v) is 1.96. The largest absolute Gasteiger partial charge is 0.354 e. The molecule has 0 radical (unpaired) electrons. The van der Waals surface area contributed by atoms with Crippen molar-refractivity contribution in [2.45, 2.75) is 13.8 Å². The summed E-state index contributed by atoms with van der Waals surface area (Å²) in [6, 6.07) is 5.58. The van der Waals surface area contributed by atoms with Crippen molar-refractivity contribution < 1.29 is 14.0 Å². The Labute approximate surface area is 139 Å². The van der Waals surface area contributed by atoms with Gasteiger partial charge in [0, 0.05) is 31.4 Å². The highest BCUT2D eigenvalue weighted by atomic mass is 19.1. The first-order valence-electron chi connectivity index (χ1n) is 7.60. The van der Waals surface area contributed by atoms with Crippen LogP contribution >= 0.6 is 0 Å². The monoisotopic (exact) mass is 333 g/mol. The van der Waals surface area contributed by atoms with Gasteiger partial charge in [0.25, 0.3) is 0 Å². The van der Waals surface area contributed by atoms with Gasteiger partial charge in [-0.25, -0.2) is 13.9 Å². The molecule has 3 amide bonds. The van der Waals surface area contributed by atoms with Crippen molar-refractivity contribution in [1.29, 1.82) is 0 Å². The van der Waals surface area contributed by atoms with E-state index in [2.05, 4.69) is 21.0 Å². The molecule has 0 saturated heterocycles. The number of benzene rings is 1. The lowest BCUT2D eigenvalue weighted by molar-refractivity contribution is -0.123. The second kappa shape index (κ2) is 8.09. The van der Waals surface area contributed by atoms with Crippen LogP contribution in [-0.4, -0.2) is 34.8 Å². The summed E-state index contributed by atoms with van der Waals surface area (Å²) in [5.41, 5.74) is 0.452. The molecule has 8 heteroatoms. The van der Waals surface area contributed by atoms with Crippen LogP contribution in [0.2, 0.25) is 0 Å². The van der Waals surface area contributed by atoms with Gasteiger partial charge < -0.3 is 16.0 Å². The first kappa shape index (κ1) is 17.5. The number of aromatic nitrogens is 2.